The van der Waals surface area contributed by atoms with Crippen LogP contribution in [0.1, 0.15) is 60.4 Å². The summed E-state index contributed by atoms with van der Waals surface area (Å²) in [6, 6.07) is 16.4. The number of nitrogens with zero attached hydrogens (tertiary/aromatic N) is 1. The lowest BCUT2D eigenvalue weighted by atomic mass is 9.94. The van der Waals surface area contributed by atoms with E-state index in [1.165, 1.54) is 0 Å². The molecular formula is C29H35NO7. The van der Waals surface area contributed by atoms with Crippen molar-refractivity contribution in [3.63, 3.8) is 0 Å². The van der Waals surface area contributed by atoms with Crippen molar-refractivity contribution < 1.29 is 33.7 Å². The molecule has 0 aliphatic carbocycles. The largest absolute Gasteiger partial charge is 0.462 e. The SMILES string of the molecule is C[C@@H]1C(OCc2ccccc2)[C@H](COC(=O)C(C)(C)C)O[C@@H]1CC(O)CN1C(=O)c2ccccc2C1=O. The number of rotatable bonds is 9. The number of amides is 2. The second kappa shape index (κ2) is 11.1. The minimum Gasteiger partial charge on any atom is -0.462 e. The average molecular weight is 510 g/mol. The fourth-order valence-electron chi connectivity index (χ4n) is 4.74. The van der Waals surface area contributed by atoms with Gasteiger partial charge in [0.1, 0.15) is 12.7 Å². The monoisotopic (exact) mass is 509 g/mol. The molecule has 1 N–H and O–H groups in total. The van der Waals surface area contributed by atoms with Gasteiger partial charge in [0.2, 0.25) is 0 Å². The number of carbonyl (C=O) groups is 3. The van der Waals surface area contributed by atoms with Crippen LogP contribution < -0.4 is 0 Å². The van der Waals surface area contributed by atoms with Crippen LogP contribution in [0.4, 0.5) is 0 Å². The molecule has 2 aliphatic heterocycles. The Balaban J connectivity index is 1.41. The fraction of sp³-hybridized carbons (Fsp3) is 0.483. The topological polar surface area (TPSA) is 102 Å². The number of aliphatic hydroxyl groups is 1. The van der Waals surface area contributed by atoms with Gasteiger partial charge >= 0.3 is 5.97 Å². The summed E-state index contributed by atoms with van der Waals surface area (Å²) in [4.78, 5) is 38.8. The third-order valence-electron chi connectivity index (χ3n) is 6.87. The third kappa shape index (κ3) is 6.09. The molecule has 0 bridgehead atoms. The van der Waals surface area contributed by atoms with Crippen molar-refractivity contribution in [1.29, 1.82) is 0 Å². The number of ether oxygens (including phenoxy) is 3. The first kappa shape index (κ1) is 27.0. The van der Waals surface area contributed by atoms with Gasteiger partial charge in [0, 0.05) is 12.3 Å². The molecule has 0 spiro atoms. The van der Waals surface area contributed by atoms with Crippen LogP contribution in [-0.2, 0) is 25.6 Å². The van der Waals surface area contributed by atoms with E-state index in [0.717, 1.165) is 10.5 Å². The van der Waals surface area contributed by atoms with Crippen molar-refractivity contribution >= 4 is 17.8 Å². The maximum absolute atomic E-state index is 12.7. The first-order valence-electron chi connectivity index (χ1n) is 12.7. The highest BCUT2D eigenvalue weighted by Crippen LogP contribution is 2.34. The average Bonchev–Trinajstić information content (AvgIpc) is 3.29. The lowest BCUT2D eigenvalue weighted by Gasteiger charge is -2.24. The van der Waals surface area contributed by atoms with Gasteiger partial charge in [-0.3, -0.25) is 19.3 Å². The van der Waals surface area contributed by atoms with E-state index >= 15 is 0 Å². The van der Waals surface area contributed by atoms with E-state index in [-0.39, 0.29) is 37.6 Å². The van der Waals surface area contributed by atoms with E-state index in [2.05, 4.69) is 0 Å². The Morgan fingerprint density at radius 1 is 1.00 bits per heavy atom. The molecule has 2 amide bonds. The van der Waals surface area contributed by atoms with E-state index < -0.39 is 35.5 Å². The van der Waals surface area contributed by atoms with Crippen LogP contribution in [-0.4, -0.2) is 65.4 Å². The number of imide groups is 1. The lowest BCUT2D eigenvalue weighted by Crippen LogP contribution is -2.39. The molecule has 0 saturated carbocycles. The van der Waals surface area contributed by atoms with E-state index in [9.17, 15) is 19.5 Å². The second-order valence-corrected chi connectivity index (χ2v) is 10.8. The summed E-state index contributed by atoms with van der Waals surface area (Å²) < 4.78 is 18.0. The van der Waals surface area contributed by atoms with E-state index in [0.29, 0.717) is 17.7 Å². The Morgan fingerprint density at radius 3 is 2.19 bits per heavy atom. The van der Waals surface area contributed by atoms with Gasteiger partial charge < -0.3 is 19.3 Å². The van der Waals surface area contributed by atoms with E-state index in [1.807, 2.05) is 37.3 Å². The Labute approximate surface area is 217 Å². The van der Waals surface area contributed by atoms with Crippen molar-refractivity contribution in [2.24, 2.45) is 11.3 Å². The number of carbonyl (C=O) groups excluding carboxylic acids is 3. The van der Waals surface area contributed by atoms with Crippen LogP contribution in [0.25, 0.3) is 0 Å². The first-order valence-corrected chi connectivity index (χ1v) is 12.7. The Bertz CT molecular complexity index is 1090. The van der Waals surface area contributed by atoms with Crippen LogP contribution in [0.3, 0.4) is 0 Å². The predicted octanol–water partition coefficient (Wildman–Crippen LogP) is 3.61. The third-order valence-corrected chi connectivity index (χ3v) is 6.87. The number of β-amino-alcohol motifs (C(OH)–C–C–N with tert-alkyl or cyclic N) is 1. The molecular weight excluding hydrogens is 474 g/mol. The predicted molar refractivity (Wildman–Crippen MR) is 136 cm³/mol. The van der Waals surface area contributed by atoms with Crippen molar-refractivity contribution in [3.05, 3.63) is 71.3 Å². The van der Waals surface area contributed by atoms with Gasteiger partial charge in [0.25, 0.3) is 11.8 Å². The molecule has 1 saturated heterocycles. The number of esters is 1. The molecule has 2 unspecified atom stereocenters. The molecule has 8 nitrogen and oxygen atoms in total. The second-order valence-electron chi connectivity index (χ2n) is 10.8. The van der Waals surface area contributed by atoms with Gasteiger partial charge in [0.15, 0.2) is 0 Å². The first-order chi connectivity index (χ1) is 17.6. The molecule has 2 aromatic carbocycles. The zero-order valence-corrected chi connectivity index (χ0v) is 21.8. The van der Waals surface area contributed by atoms with E-state index in [1.54, 1.807) is 45.0 Å². The fourth-order valence-corrected chi connectivity index (χ4v) is 4.74. The molecule has 2 aliphatic rings. The van der Waals surface area contributed by atoms with Gasteiger partial charge in [-0.25, -0.2) is 0 Å². The summed E-state index contributed by atoms with van der Waals surface area (Å²) in [5.41, 5.74) is 1.06. The Kier molecular flexibility index (Phi) is 8.11. The molecule has 4 rings (SSSR count). The standard InChI is InChI=1S/C29H35NO7/c1-18-23(14-20(31)15-30-26(32)21-12-8-9-13-22(21)27(30)33)37-24(17-36-28(34)29(2,3)4)25(18)35-16-19-10-6-5-7-11-19/h5-13,18,20,23-25,31H,14-17H2,1-4H3/t18-,20?,23+,24-,25?/m0/s1. The summed E-state index contributed by atoms with van der Waals surface area (Å²) in [6.07, 6.45) is -2.08. The van der Waals surface area contributed by atoms with Crippen LogP contribution >= 0.6 is 0 Å². The van der Waals surface area contributed by atoms with Gasteiger partial charge in [-0.1, -0.05) is 49.4 Å². The van der Waals surface area contributed by atoms with Crippen molar-refractivity contribution in [2.45, 2.75) is 65.1 Å². The summed E-state index contributed by atoms with van der Waals surface area (Å²) in [5.74, 6) is -1.27. The Hall–Kier alpha value is -3.07. The number of benzene rings is 2. The minimum absolute atomic E-state index is 0.0326. The van der Waals surface area contributed by atoms with Gasteiger partial charge in [-0.15, -0.1) is 0 Å². The normalized spacial score (nSPS) is 24.3. The zero-order valence-electron chi connectivity index (χ0n) is 21.8. The smallest absolute Gasteiger partial charge is 0.311 e. The molecule has 1 fully saturated rings. The summed E-state index contributed by atoms with van der Waals surface area (Å²) in [6.45, 7) is 7.61. The molecule has 2 aromatic rings. The molecule has 8 heteroatoms. The van der Waals surface area contributed by atoms with Crippen molar-refractivity contribution in [2.75, 3.05) is 13.2 Å². The van der Waals surface area contributed by atoms with Gasteiger partial charge in [-0.05, 0) is 38.5 Å². The van der Waals surface area contributed by atoms with Crippen LogP contribution in [0, 0.1) is 11.3 Å². The van der Waals surface area contributed by atoms with Crippen molar-refractivity contribution in [3.8, 4) is 0 Å². The van der Waals surface area contributed by atoms with Crippen molar-refractivity contribution in [1.82, 2.24) is 4.90 Å². The summed E-state index contributed by atoms with van der Waals surface area (Å²) in [5, 5.41) is 10.9. The highest BCUT2D eigenvalue weighted by atomic mass is 16.6. The maximum Gasteiger partial charge on any atom is 0.311 e. The highest BCUT2D eigenvalue weighted by molar-refractivity contribution is 6.21. The number of fused-ring (bicyclic) bond motifs is 1. The molecule has 2 heterocycles. The van der Waals surface area contributed by atoms with Gasteiger partial charge in [0.05, 0.1) is 48.0 Å². The molecule has 37 heavy (non-hydrogen) atoms. The number of hydrogen-bond donors (Lipinski definition) is 1. The number of hydrogen-bond acceptors (Lipinski definition) is 7. The summed E-state index contributed by atoms with van der Waals surface area (Å²) >= 11 is 0. The van der Waals surface area contributed by atoms with Crippen LogP contribution in [0.15, 0.2) is 54.6 Å². The van der Waals surface area contributed by atoms with Gasteiger partial charge in [-0.2, -0.15) is 0 Å². The van der Waals surface area contributed by atoms with E-state index in [4.69, 9.17) is 14.2 Å². The maximum atomic E-state index is 12.7. The minimum atomic E-state index is -0.986. The molecule has 198 valence electrons. The highest BCUT2D eigenvalue weighted by Gasteiger charge is 2.45. The Morgan fingerprint density at radius 2 is 1.59 bits per heavy atom. The number of aliphatic hydroxyl groups excluding tert-OH is 1. The lowest BCUT2D eigenvalue weighted by molar-refractivity contribution is -0.159. The quantitative estimate of drug-likeness (QED) is 0.407. The molecule has 5 atom stereocenters. The van der Waals surface area contributed by atoms with Crippen LogP contribution in [0.5, 0.6) is 0 Å². The van der Waals surface area contributed by atoms with Crippen LogP contribution in [0.2, 0.25) is 0 Å². The summed E-state index contributed by atoms with van der Waals surface area (Å²) in [7, 11) is 0. The molecule has 0 aromatic heterocycles. The zero-order chi connectivity index (χ0) is 26.7. The molecule has 0 radical (unpaired) electrons.